The molecule has 1 aliphatic rings. The molecule has 1 N–H and O–H groups in total. The molecule has 0 saturated carbocycles. The number of halogens is 2. The summed E-state index contributed by atoms with van der Waals surface area (Å²) in [6, 6.07) is 11.5. The molecule has 178 valence electrons. The van der Waals surface area contributed by atoms with E-state index in [4.69, 9.17) is 5.26 Å². The van der Waals surface area contributed by atoms with Crippen molar-refractivity contribution in [2.24, 2.45) is 0 Å². The minimum absolute atomic E-state index is 0.304. The number of allylic oxidation sites excluding steroid dienone is 1. The highest BCUT2D eigenvalue weighted by Crippen LogP contribution is 2.31. The van der Waals surface area contributed by atoms with E-state index in [-0.39, 0.29) is 0 Å². The van der Waals surface area contributed by atoms with E-state index in [1.807, 2.05) is 44.2 Å². The predicted octanol–water partition coefficient (Wildman–Crippen LogP) is 3.99. The first-order valence-electron chi connectivity index (χ1n) is 11.0. The van der Waals surface area contributed by atoms with E-state index in [0.29, 0.717) is 16.5 Å². The number of pyridine rings is 2. The average Bonchev–Trinajstić information content (AvgIpc) is 3.17. The number of benzene rings is 1. The Balaban J connectivity index is 1.54. The van der Waals surface area contributed by atoms with E-state index in [2.05, 4.69) is 15.3 Å². The van der Waals surface area contributed by atoms with E-state index < -0.39 is 43.3 Å². The van der Waals surface area contributed by atoms with Crippen molar-refractivity contribution in [2.75, 3.05) is 13.1 Å². The number of alkyl halides is 2. The minimum Gasteiger partial charge on any atom is -0.343 e. The number of nitrogens with zero attached hydrogens (tertiary/aromatic N) is 4. The zero-order valence-electron chi connectivity index (χ0n) is 19.3. The molecule has 35 heavy (non-hydrogen) atoms. The molecule has 1 atom stereocenters. The molecule has 3 aromatic rings. The van der Waals surface area contributed by atoms with Gasteiger partial charge in [-0.2, -0.15) is 5.26 Å². The number of hydrogen-bond donors (Lipinski definition) is 1. The van der Waals surface area contributed by atoms with Gasteiger partial charge in [-0.15, -0.1) is 0 Å². The van der Waals surface area contributed by atoms with Crippen LogP contribution in [0, 0.1) is 18.3 Å². The predicted molar refractivity (Wildman–Crippen MR) is 127 cm³/mol. The van der Waals surface area contributed by atoms with Crippen LogP contribution in [0.25, 0.3) is 22.6 Å². The van der Waals surface area contributed by atoms with Gasteiger partial charge < -0.3 is 10.2 Å². The van der Waals surface area contributed by atoms with Gasteiger partial charge in [-0.3, -0.25) is 19.6 Å². The number of likely N-dealkylation sites (tertiary alicyclic amines) is 1. The van der Waals surface area contributed by atoms with E-state index in [1.54, 1.807) is 18.3 Å². The second-order valence-corrected chi connectivity index (χ2v) is 8.56. The molecule has 0 bridgehead atoms. The van der Waals surface area contributed by atoms with Crippen molar-refractivity contribution in [3.63, 3.8) is 0 Å². The van der Waals surface area contributed by atoms with Crippen LogP contribution in [0.3, 0.4) is 0 Å². The van der Waals surface area contributed by atoms with Gasteiger partial charge in [0, 0.05) is 29.9 Å². The van der Waals surface area contributed by atoms with Gasteiger partial charge in [0.15, 0.2) is 0 Å². The van der Waals surface area contributed by atoms with Crippen LogP contribution in [0.2, 0.25) is 0 Å². The second-order valence-electron chi connectivity index (χ2n) is 8.56. The van der Waals surface area contributed by atoms with Crippen molar-refractivity contribution in [1.29, 1.82) is 5.26 Å². The third-order valence-electron chi connectivity index (χ3n) is 5.90. The van der Waals surface area contributed by atoms with Crippen LogP contribution < -0.4 is 5.32 Å². The third-order valence-corrected chi connectivity index (χ3v) is 5.90. The smallest absolute Gasteiger partial charge is 0.268 e. The maximum absolute atomic E-state index is 13.6. The molecular weight excluding hydrogens is 452 g/mol. The normalized spacial score (nSPS) is 17.3. The van der Waals surface area contributed by atoms with Crippen molar-refractivity contribution in [2.45, 2.75) is 32.2 Å². The second kappa shape index (κ2) is 9.58. The molecular formula is C26H23F2N5O2. The Morgan fingerprint density at radius 1 is 1.26 bits per heavy atom. The van der Waals surface area contributed by atoms with Crippen LogP contribution in [0.15, 0.2) is 48.8 Å². The highest BCUT2D eigenvalue weighted by atomic mass is 19.3. The maximum Gasteiger partial charge on any atom is 0.268 e. The van der Waals surface area contributed by atoms with Gasteiger partial charge in [0.05, 0.1) is 30.2 Å². The molecule has 3 heterocycles. The van der Waals surface area contributed by atoms with Crippen LogP contribution in [-0.4, -0.2) is 51.7 Å². The molecule has 0 spiro atoms. The summed E-state index contributed by atoms with van der Waals surface area (Å²) in [7, 11) is 0. The molecule has 1 saturated heterocycles. The number of amides is 2. The maximum atomic E-state index is 13.6. The summed E-state index contributed by atoms with van der Waals surface area (Å²) in [5, 5.41) is 12.2. The van der Waals surface area contributed by atoms with Crippen LogP contribution in [0.5, 0.6) is 0 Å². The van der Waals surface area contributed by atoms with Crippen LogP contribution in [-0.2, 0) is 4.79 Å². The molecule has 1 fully saturated rings. The molecule has 2 aromatic heterocycles. The number of aromatic nitrogens is 2. The Morgan fingerprint density at radius 3 is 2.77 bits per heavy atom. The number of carbonyl (C=O) groups excluding carboxylic acids is 2. The van der Waals surface area contributed by atoms with Gasteiger partial charge in [0.1, 0.15) is 6.04 Å². The van der Waals surface area contributed by atoms with Crippen molar-refractivity contribution >= 4 is 34.4 Å². The average molecular weight is 475 g/mol. The van der Waals surface area contributed by atoms with Crippen molar-refractivity contribution < 1.29 is 18.4 Å². The van der Waals surface area contributed by atoms with E-state index in [1.165, 1.54) is 12.3 Å². The number of carbonyl (C=O) groups is 2. The lowest BCUT2D eigenvalue weighted by Gasteiger charge is -2.19. The third kappa shape index (κ3) is 5.32. The quantitative estimate of drug-likeness (QED) is 0.602. The molecule has 2 amide bonds. The first-order valence-corrected chi connectivity index (χ1v) is 11.0. The van der Waals surface area contributed by atoms with Gasteiger partial charge >= 0.3 is 0 Å². The lowest BCUT2D eigenvalue weighted by molar-refractivity contribution is -0.131. The highest BCUT2D eigenvalue weighted by molar-refractivity contribution is 6.07. The summed E-state index contributed by atoms with van der Waals surface area (Å²) >= 11 is 0. The standard InChI is InChI=1S/C26H23F2N5O2/c1-16(9-18-4-3-17(2)31-13-18)19-5-6-23-22(10-19)21(7-8-30-23)25(35)32-14-24(34)33-15-26(27,28)11-20(33)12-29/h3-10,13,20H,11,14-15H2,1-2H3,(H,32,35)/b16-9+. The van der Waals surface area contributed by atoms with Gasteiger partial charge in [0.2, 0.25) is 5.91 Å². The largest absolute Gasteiger partial charge is 0.343 e. The summed E-state index contributed by atoms with van der Waals surface area (Å²) in [6.45, 7) is 2.55. The van der Waals surface area contributed by atoms with Crippen LogP contribution >= 0.6 is 0 Å². The first-order chi connectivity index (χ1) is 16.7. The fraction of sp³-hybridized carbons (Fsp3) is 0.269. The Bertz CT molecular complexity index is 1360. The summed E-state index contributed by atoms with van der Waals surface area (Å²) < 4.78 is 27.3. The fourth-order valence-electron chi connectivity index (χ4n) is 4.03. The first kappa shape index (κ1) is 24.0. The molecule has 1 aliphatic heterocycles. The number of fused-ring (bicyclic) bond motifs is 1. The zero-order valence-corrected chi connectivity index (χ0v) is 19.3. The zero-order chi connectivity index (χ0) is 25.2. The minimum atomic E-state index is -3.11. The summed E-state index contributed by atoms with van der Waals surface area (Å²) in [5.41, 5.74) is 4.61. The Hall–Kier alpha value is -4.19. The molecule has 7 nitrogen and oxygen atoms in total. The van der Waals surface area contributed by atoms with Crippen molar-refractivity contribution in [3.05, 3.63) is 71.2 Å². The number of nitrogens with one attached hydrogen (secondary N) is 1. The highest BCUT2D eigenvalue weighted by Gasteiger charge is 2.47. The Kier molecular flexibility index (Phi) is 6.56. The van der Waals surface area contributed by atoms with Gasteiger partial charge in [0.25, 0.3) is 11.8 Å². The molecule has 4 rings (SSSR count). The lowest BCUT2D eigenvalue weighted by Crippen LogP contribution is -2.43. The number of hydrogen-bond acceptors (Lipinski definition) is 5. The molecule has 0 aliphatic carbocycles. The van der Waals surface area contributed by atoms with Gasteiger partial charge in [-0.25, -0.2) is 8.78 Å². The van der Waals surface area contributed by atoms with E-state index >= 15 is 0 Å². The van der Waals surface area contributed by atoms with Crippen molar-refractivity contribution in [1.82, 2.24) is 20.2 Å². The molecule has 9 heteroatoms. The SMILES string of the molecule is C/C(=C\c1ccc(C)nc1)c1ccc2nccc(C(=O)NCC(=O)N3CC(F)(F)CC3C#N)c2c1. The van der Waals surface area contributed by atoms with Gasteiger partial charge in [-0.05, 0) is 60.9 Å². The monoisotopic (exact) mass is 475 g/mol. The molecule has 1 unspecified atom stereocenters. The Morgan fingerprint density at radius 2 is 2.06 bits per heavy atom. The van der Waals surface area contributed by atoms with Crippen molar-refractivity contribution in [3.8, 4) is 6.07 Å². The summed E-state index contributed by atoms with van der Waals surface area (Å²) in [4.78, 5) is 34.8. The number of aryl methyl sites for hydroxylation is 1. The molecule has 0 radical (unpaired) electrons. The van der Waals surface area contributed by atoms with E-state index in [9.17, 15) is 18.4 Å². The van der Waals surface area contributed by atoms with Gasteiger partial charge in [-0.1, -0.05) is 12.1 Å². The molecule has 1 aromatic carbocycles. The summed E-state index contributed by atoms with van der Waals surface area (Å²) in [6.07, 6.45) is 4.56. The topological polar surface area (TPSA) is 99.0 Å². The van der Waals surface area contributed by atoms with Crippen LogP contribution in [0.1, 0.15) is 40.5 Å². The van der Waals surface area contributed by atoms with Crippen LogP contribution in [0.4, 0.5) is 8.78 Å². The Labute approximate surface area is 201 Å². The lowest BCUT2D eigenvalue weighted by atomic mass is 10.00. The fourth-order valence-corrected chi connectivity index (χ4v) is 4.03. The van der Waals surface area contributed by atoms with E-state index in [0.717, 1.165) is 27.3 Å². The number of nitriles is 1. The summed E-state index contributed by atoms with van der Waals surface area (Å²) in [5.74, 6) is -4.38. The number of rotatable bonds is 5.